The van der Waals surface area contributed by atoms with E-state index in [9.17, 15) is 9.59 Å². The number of piperidine rings is 1. The van der Waals surface area contributed by atoms with Crippen molar-refractivity contribution in [3.05, 3.63) is 16.4 Å². The number of aryl methyl sites for hydroxylation is 1. The van der Waals surface area contributed by atoms with Gasteiger partial charge in [-0.3, -0.25) is 14.7 Å². The zero-order chi connectivity index (χ0) is 16.1. The Balaban J connectivity index is 1.75. The lowest BCUT2D eigenvalue weighted by molar-refractivity contribution is -0.119. The molecule has 0 aromatic carbocycles. The fourth-order valence-corrected chi connectivity index (χ4v) is 2.88. The average molecular weight is 328 g/mol. The van der Waals surface area contributed by atoms with E-state index < -0.39 is 0 Å². The van der Waals surface area contributed by atoms with Crippen LogP contribution in [0.15, 0.2) is 0 Å². The van der Waals surface area contributed by atoms with Gasteiger partial charge in [0.2, 0.25) is 5.91 Å². The van der Waals surface area contributed by atoms with Gasteiger partial charge in [0, 0.05) is 44.8 Å². The third-order valence-electron chi connectivity index (χ3n) is 3.85. The molecule has 1 aliphatic rings. The summed E-state index contributed by atoms with van der Waals surface area (Å²) < 4.78 is 0. The number of nitrogens with one attached hydrogen (secondary N) is 3. The molecular weight excluding hydrogens is 306 g/mol. The van der Waals surface area contributed by atoms with Crippen molar-refractivity contribution < 1.29 is 9.59 Å². The summed E-state index contributed by atoms with van der Waals surface area (Å²) in [4.78, 5) is 25.3. The summed E-state index contributed by atoms with van der Waals surface area (Å²) in [6.45, 7) is 6.61. The Labute approximate surface area is 134 Å². The fraction of sp³-hybridized carbons (Fsp3) is 0.643. The second kappa shape index (κ2) is 7.60. The molecule has 8 heteroatoms. The molecule has 122 valence electrons. The number of nitrogens with zero attached hydrogens (tertiary/aromatic N) is 2. The largest absolute Gasteiger partial charge is 0.355 e. The lowest BCUT2D eigenvalue weighted by Crippen LogP contribution is -2.46. The van der Waals surface area contributed by atoms with Crippen LogP contribution in [0, 0.1) is 6.92 Å². The Bertz CT molecular complexity index is 518. The highest BCUT2D eigenvalue weighted by Crippen LogP contribution is 2.17. The molecule has 3 N–H and O–H groups in total. The van der Waals surface area contributed by atoms with Gasteiger partial charge in [-0.2, -0.15) is 5.10 Å². The maximum absolute atomic E-state index is 12.2. The van der Waals surface area contributed by atoms with Crippen LogP contribution in [0.3, 0.4) is 0 Å². The minimum atomic E-state index is -0.173. The van der Waals surface area contributed by atoms with Crippen LogP contribution in [0.1, 0.15) is 35.8 Å². The van der Waals surface area contributed by atoms with Gasteiger partial charge in [-0.05, 0) is 19.8 Å². The zero-order valence-corrected chi connectivity index (χ0v) is 13.7. The van der Waals surface area contributed by atoms with Crippen LogP contribution >= 0.6 is 11.6 Å². The summed E-state index contributed by atoms with van der Waals surface area (Å²) >= 11 is 5.92. The second-order valence-electron chi connectivity index (χ2n) is 5.59. The third-order valence-corrected chi connectivity index (χ3v) is 4.13. The highest BCUT2D eigenvalue weighted by Gasteiger charge is 2.23. The van der Waals surface area contributed by atoms with Crippen molar-refractivity contribution in [2.45, 2.75) is 32.7 Å². The summed E-state index contributed by atoms with van der Waals surface area (Å²) in [7, 11) is 0. The molecule has 22 heavy (non-hydrogen) atoms. The van der Waals surface area contributed by atoms with Gasteiger partial charge in [-0.15, -0.1) is 0 Å². The molecule has 0 atom stereocenters. The number of likely N-dealkylation sites (tertiary alicyclic amines) is 1. The minimum absolute atomic E-state index is 0.00508. The molecule has 0 aliphatic carbocycles. The number of halogens is 1. The molecule has 2 amide bonds. The third kappa shape index (κ3) is 4.45. The second-order valence-corrected chi connectivity index (χ2v) is 5.94. The highest BCUT2D eigenvalue weighted by atomic mass is 35.5. The molecule has 1 aromatic rings. The Morgan fingerprint density at radius 2 is 2.09 bits per heavy atom. The molecule has 0 unspecified atom stereocenters. The summed E-state index contributed by atoms with van der Waals surface area (Å²) in [6, 6.07) is 0.148. The fourth-order valence-electron chi connectivity index (χ4n) is 2.61. The maximum atomic E-state index is 12.2. The Kier molecular flexibility index (Phi) is 5.79. The first-order valence-electron chi connectivity index (χ1n) is 7.45. The van der Waals surface area contributed by atoms with Crippen LogP contribution in [0.4, 0.5) is 0 Å². The van der Waals surface area contributed by atoms with Gasteiger partial charge in [0.1, 0.15) is 0 Å². The van der Waals surface area contributed by atoms with Gasteiger partial charge in [-0.25, -0.2) is 0 Å². The molecule has 1 aromatic heterocycles. The molecule has 0 spiro atoms. The van der Waals surface area contributed by atoms with Gasteiger partial charge in [0.05, 0.1) is 5.56 Å². The molecule has 1 fully saturated rings. The molecule has 1 aliphatic heterocycles. The summed E-state index contributed by atoms with van der Waals surface area (Å²) in [5, 5.41) is 12.6. The molecule has 0 saturated carbocycles. The van der Waals surface area contributed by atoms with E-state index in [1.165, 1.54) is 6.92 Å². The van der Waals surface area contributed by atoms with Crippen molar-refractivity contribution >= 4 is 23.4 Å². The van der Waals surface area contributed by atoms with Crippen molar-refractivity contribution in [2.75, 3.05) is 26.2 Å². The number of aromatic amines is 1. The number of hydrogen-bond donors (Lipinski definition) is 3. The van der Waals surface area contributed by atoms with E-state index >= 15 is 0 Å². The lowest BCUT2D eigenvalue weighted by Gasteiger charge is -2.32. The molecule has 1 saturated heterocycles. The van der Waals surface area contributed by atoms with Crippen LogP contribution in [0.5, 0.6) is 0 Å². The standard InChI is InChI=1S/C14H22ClN5O2/c1-9-12(13(15)19-18-9)14(22)17-11-3-6-20(7-4-11)8-5-16-10(2)21/h11H,3-8H2,1-2H3,(H,16,21)(H,17,22)(H,18,19). The first-order chi connectivity index (χ1) is 10.5. The average Bonchev–Trinajstić information content (AvgIpc) is 2.79. The normalized spacial score (nSPS) is 16.5. The maximum Gasteiger partial charge on any atom is 0.256 e. The SMILES string of the molecule is CC(=O)NCCN1CCC(NC(=O)c2c(Cl)n[nH]c2C)CC1. The van der Waals surface area contributed by atoms with Gasteiger partial charge >= 0.3 is 0 Å². The summed E-state index contributed by atoms with van der Waals surface area (Å²) in [6.07, 6.45) is 1.78. The smallest absolute Gasteiger partial charge is 0.256 e. The number of aromatic nitrogens is 2. The molecule has 2 rings (SSSR count). The number of carbonyl (C=O) groups is 2. The Morgan fingerprint density at radius 3 is 2.64 bits per heavy atom. The van der Waals surface area contributed by atoms with Crippen LogP contribution < -0.4 is 10.6 Å². The topological polar surface area (TPSA) is 90.1 Å². The lowest BCUT2D eigenvalue weighted by atomic mass is 10.0. The van der Waals surface area contributed by atoms with E-state index in [2.05, 4.69) is 25.7 Å². The first kappa shape index (κ1) is 16.8. The van der Waals surface area contributed by atoms with Crippen LogP contribution in [-0.2, 0) is 4.79 Å². The highest BCUT2D eigenvalue weighted by molar-refractivity contribution is 6.32. The van der Waals surface area contributed by atoms with Crippen molar-refractivity contribution in [2.24, 2.45) is 0 Å². The number of amides is 2. The molecule has 0 radical (unpaired) electrons. The van der Waals surface area contributed by atoms with E-state index in [4.69, 9.17) is 11.6 Å². The van der Waals surface area contributed by atoms with E-state index in [-0.39, 0.29) is 23.0 Å². The molecule has 0 bridgehead atoms. The van der Waals surface area contributed by atoms with Gasteiger partial charge in [-0.1, -0.05) is 11.6 Å². The van der Waals surface area contributed by atoms with Crippen LogP contribution in [0.2, 0.25) is 5.15 Å². The summed E-state index contributed by atoms with van der Waals surface area (Å²) in [5.74, 6) is -0.178. The van der Waals surface area contributed by atoms with E-state index in [0.717, 1.165) is 32.5 Å². The Hall–Kier alpha value is -1.60. The molecule has 2 heterocycles. The van der Waals surface area contributed by atoms with E-state index in [1.807, 2.05) is 0 Å². The van der Waals surface area contributed by atoms with Crippen LogP contribution in [0.25, 0.3) is 0 Å². The van der Waals surface area contributed by atoms with Crippen molar-refractivity contribution in [1.82, 2.24) is 25.7 Å². The predicted molar refractivity (Wildman–Crippen MR) is 83.9 cm³/mol. The minimum Gasteiger partial charge on any atom is -0.355 e. The number of hydrogen-bond acceptors (Lipinski definition) is 4. The molecular formula is C14H22ClN5O2. The van der Waals surface area contributed by atoms with Gasteiger partial charge < -0.3 is 15.5 Å². The number of carbonyl (C=O) groups excluding carboxylic acids is 2. The van der Waals surface area contributed by atoms with E-state index in [1.54, 1.807) is 6.92 Å². The summed E-state index contributed by atoms with van der Waals surface area (Å²) in [5.41, 5.74) is 1.10. The van der Waals surface area contributed by atoms with Crippen molar-refractivity contribution in [1.29, 1.82) is 0 Å². The Morgan fingerprint density at radius 1 is 1.41 bits per heavy atom. The number of H-pyrrole nitrogens is 1. The monoisotopic (exact) mass is 327 g/mol. The van der Waals surface area contributed by atoms with Gasteiger partial charge in [0.25, 0.3) is 5.91 Å². The predicted octanol–water partition coefficient (Wildman–Crippen LogP) is 0.702. The first-order valence-corrected chi connectivity index (χ1v) is 7.83. The van der Waals surface area contributed by atoms with Crippen molar-refractivity contribution in [3.63, 3.8) is 0 Å². The zero-order valence-electron chi connectivity index (χ0n) is 12.9. The quantitative estimate of drug-likeness (QED) is 0.742. The van der Waals surface area contributed by atoms with Gasteiger partial charge in [0.15, 0.2) is 5.15 Å². The van der Waals surface area contributed by atoms with Crippen molar-refractivity contribution in [3.8, 4) is 0 Å². The molecule has 7 nitrogen and oxygen atoms in total. The number of rotatable bonds is 5. The van der Waals surface area contributed by atoms with E-state index in [0.29, 0.717) is 17.8 Å². The van der Waals surface area contributed by atoms with Crippen LogP contribution in [-0.4, -0.2) is 59.1 Å².